The first kappa shape index (κ1) is 20.5. The zero-order valence-corrected chi connectivity index (χ0v) is 18.2. The molecule has 0 amide bonds. The minimum absolute atomic E-state index is 0.479. The molecule has 1 aliphatic carbocycles. The molecule has 0 aliphatic heterocycles. The van der Waals surface area contributed by atoms with E-state index < -0.39 is 0 Å². The van der Waals surface area contributed by atoms with Gasteiger partial charge in [-0.25, -0.2) is 0 Å². The number of hydrogen-bond donors (Lipinski definition) is 0. The Morgan fingerprint density at radius 3 is 0.719 bits per heavy atom. The van der Waals surface area contributed by atoms with Crippen LogP contribution in [0.2, 0.25) is 0 Å². The number of nitrogens with zero attached hydrogens (tertiary/aromatic N) is 4. The summed E-state index contributed by atoms with van der Waals surface area (Å²) >= 11 is 0. The summed E-state index contributed by atoms with van der Waals surface area (Å²) in [6, 6.07) is 17.6. The number of rotatable bonds is 4. The van der Waals surface area contributed by atoms with E-state index in [1.807, 2.05) is 49.6 Å². The van der Waals surface area contributed by atoms with E-state index in [0.29, 0.717) is 23.7 Å². The van der Waals surface area contributed by atoms with Crippen LogP contribution in [0.3, 0.4) is 0 Å². The summed E-state index contributed by atoms with van der Waals surface area (Å²) in [6.45, 7) is 0. The Kier molecular flexibility index (Phi) is 6.29. The fourth-order valence-electron chi connectivity index (χ4n) is 5.39. The molecule has 32 heavy (non-hydrogen) atoms. The summed E-state index contributed by atoms with van der Waals surface area (Å²) in [4.78, 5) is 17.1. The van der Waals surface area contributed by atoms with Gasteiger partial charge in [-0.05, 0) is 120 Å². The van der Waals surface area contributed by atoms with Gasteiger partial charge >= 0.3 is 0 Å². The standard InChI is InChI=1S/C28H28N4/c1-9-29-10-2-21(1)25-17-26(22-3-11-30-12-4-22)19-28(24-7-15-32-16-8-24)20-27(18-25)23-5-13-31-14-6-23/h1-16,25-28H,17-20H2. The van der Waals surface area contributed by atoms with Crippen molar-refractivity contribution in [1.29, 1.82) is 0 Å². The van der Waals surface area contributed by atoms with E-state index in [9.17, 15) is 0 Å². The average Bonchev–Trinajstić information content (AvgIpc) is 2.86. The third kappa shape index (κ3) is 4.75. The van der Waals surface area contributed by atoms with Crippen molar-refractivity contribution >= 4 is 0 Å². The van der Waals surface area contributed by atoms with Crippen molar-refractivity contribution in [2.45, 2.75) is 49.4 Å². The Bertz CT molecular complexity index is 897. The second-order valence-corrected chi connectivity index (χ2v) is 8.85. The molecular formula is C28H28N4. The van der Waals surface area contributed by atoms with Crippen molar-refractivity contribution < 1.29 is 0 Å². The molecule has 4 aromatic rings. The average molecular weight is 421 g/mol. The molecule has 0 unspecified atom stereocenters. The molecule has 0 radical (unpaired) electrons. The first-order chi connectivity index (χ1) is 15.9. The van der Waals surface area contributed by atoms with Crippen molar-refractivity contribution in [2.24, 2.45) is 0 Å². The molecule has 0 N–H and O–H groups in total. The van der Waals surface area contributed by atoms with Crippen LogP contribution in [0.15, 0.2) is 98.1 Å². The molecule has 4 heteroatoms. The summed E-state index contributed by atoms with van der Waals surface area (Å²) in [7, 11) is 0. The summed E-state index contributed by atoms with van der Waals surface area (Å²) in [6.07, 6.45) is 19.9. The van der Waals surface area contributed by atoms with Gasteiger partial charge in [-0.2, -0.15) is 0 Å². The van der Waals surface area contributed by atoms with E-state index in [0.717, 1.165) is 25.7 Å². The van der Waals surface area contributed by atoms with Crippen LogP contribution in [-0.4, -0.2) is 19.9 Å². The van der Waals surface area contributed by atoms with Gasteiger partial charge in [0.05, 0.1) is 0 Å². The fraction of sp³-hybridized carbons (Fsp3) is 0.286. The predicted octanol–water partition coefficient (Wildman–Crippen LogP) is 6.28. The molecular weight excluding hydrogens is 392 g/mol. The van der Waals surface area contributed by atoms with Gasteiger partial charge in [0, 0.05) is 49.6 Å². The topological polar surface area (TPSA) is 51.6 Å². The van der Waals surface area contributed by atoms with Gasteiger partial charge < -0.3 is 0 Å². The minimum Gasteiger partial charge on any atom is -0.265 e. The number of pyridine rings is 4. The second-order valence-electron chi connectivity index (χ2n) is 8.85. The van der Waals surface area contributed by atoms with Gasteiger partial charge in [0.25, 0.3) is 0 Å². The van der Waals surface area contributed by atoms with Crippen LogP contribution in [0, 0.1) is 0 Å². The molecule has 0 atom stereocenters. The second kappa shape index (κ2) is 9.82. The highest BCUT2D eigenvalue weighted by Gasteiger charge is 2.31. The summed E-state index contributed by atoms with van der Waals surface area (Å²) in [5.41, 5.74) is 5.56. The smallest absolute Gasteiger partial charge is 0.0270 e. The molecule has 0 spiro atoms. The van der Waals surface area contributed by atoms with E-state index in [1.165, 1.54) is 22.3 Å². The number of hydrogen-bond acceptors (Lipinski definition) is 4. The van der Waals surface area contributed by atoms with E-state index in [-0.39, 0.29) is 0 Å². The van der Waals surface area contributed by atoms with Crippen LogP contribution in [0.25, 0.3) is 0 Å². The largest absolute Gasteiger partial charge is 0.265 e. The molecule has 4 aromatic heterocycles. The predicted molar refractivity (Wildman–Crippen MR) is 126 cm³/mol. The highest BCUT2D eigenvalue weighted by atomic mass is 14.6. The van der Waals surface area contributed by atoms with Crippen LogP contribution in [0.4, 0.5) is 0 Å². The highest BCUT2D eigenvalue weighted by molar-refractivity contribution is 5.28. The van der Waals surface area contributed by atoms with Gasteiger partial charge in [0.1, 0.15) is 0 Å². The molecule has 4 nitrogen and oxygen atoms in total. The Morgan fingerprint density at radius 2 is 0.531 bits per heavy atom. The molecule has 0 bridgehead atoms. The maximum atomic E-state index is 4.27. The fourth-order valence-corrected chi connectivity index (χ4v) is 5.39. The Morgan fingerprint density at radius 1 is 0.344 bits per heavy atom. The van der Waals surface area contributed by atoms with Crippen molar-refractivity contribution in [3.05, 3.63) is 120 Å². The molecule has 0 saturated heterocycles. The quantitative estimate of drug-likeness (QED) is 0.390. The molecule has 1 fully saturated rings. The lowest BCUT2D eigenvalue weighted by Crippen LogP contribution is -2.20. The zero-order valence-electron chi connectivity index (χ0n) is 18.2. The van der Waals surface area contributed by atoms with Gasteiger partial charge in [-0.3, -0.25) is 19.9 Å². The van der Waals surface area contributed by atoms with E-state index in [4.69, 9.17) is 0 Å². The normalized spacial score (nSPS) is 23.8. The van der Waals surface area contributed by atoms with Crippen LogP contribution < -0.4 is 0 Å². The molecule has 0 aromatic carbocycles. The van der Waals surface area contributed by atoms with Crippen molar-refractivity contribution in [1.82, 2.24) is 19.9 Å². The van der Waals surface area contributed by atoms with Gasteiger partial charge in [0.15, 0.2) is 0 Å². The molecule has 1 saturated carbocycles. The first-order valence-corrected chi connectivity index (χ1v) is 11.5. The van der Waals surface area contributed by atoms with Gasteiger partial charge in [-0.1, -0.05) is 0 Å². The van der Waals surface area contributed by atoms with E-state index in [2.05, 4.69) is 68.5 Å². The molecule has 5 rings (SSSR count). The lowest BCUT2D eigenvalue weighted by molar-refractivity contribution is 0.351. The SMILES string of the molecule is c1cc(C2CC(c3ccncc3)CC(c3ccncc3)CC(c3ccncc3)C2)ccn1. The summed E-state index contributed by atoms with van der Waals surface area (Å²) in [5.74, 6) is 1.92. The van der Waals surface area contributed by atoms with Crippen LogP contribution in [0.1, 0.15) is 71.6 Å². The third-order valence-corrected chi connectivity index (χ3v) is 6.99. The minimum atomic E-state index is 0.479. The molecule has 1 aliphatic rings. The summed E-state index contributed by atoms with van der Waals surface area (Å²) < 4.78 is 0. The summed E-state index contributed by atoms with van der Waals surface area (Å²) in [5, 5.41) is 0. The third-order valence-electron chi connectivity index (χ3n) is 6.99. The van der Waals surface area contributed by atoms with Crippen LogP contribution in [-0.2, 0) is 0 Å². The first-order valence-electron chi connectivity index (χ1n) is 11.5. The number of aromatic nitrogens is 4. The maximum Gasteiger partial charge on any atom is 0.0270 e. The lowest BCUT2D eigenvalue weighted by Gasteiger charge is -2.36. The van der Waals surface area contributed by atoms with Crippen molar-refractivity contribution in [2.75, 3.05) is 0 Å². The molecule has 4 heterocycles. The van der Waals surface area contributed by atoms with Gasteiger partial charge in [0.2, 0.25) is 0 Å². The Balaban J connectivity index is 1.55. The van der Waals surface area contributed by atoms with Crippen molar-refractivity contribution in [3.63, 3.8) is 0 Å². The van der Waals surface area contributed by atoms with Crippen molar-refractivity contribution in [3.8, 4) is 0 Å². The lowest BCUT2D eigenvalue weighted by atomic mass is 9.69. The van der Waals surface area contributed by atoms with E-state index in [1.54, 1.807) is 0 Å². The monoisotopic (exact) mass is 420 g/mol. The maximum absolute atomic E-state index is 4.27. The Labute approximate surface area is 189 Å². The van der Waals surface area contributed by atoms with Crippen LogP contribution in [0.5, 0.6) is 0 Å². The van der Waals surface area contributed by atoms with Gasteiger partial charge in [-0.15, -0.1) is 0 Å². The zero-order chi connectivity index (χ0) is 21.6. The highest BCUT2D eigenvalue weighted by Crippen LogP contribution is 2.47. The molecule has 160 valence electrons. The Hall–Kier alpha value is -3.40. The van der Waals surface area contributed by atoms with E-state index >= 15 is 0 Å². The van der Waals surface area contributed by atoms with Crippen LogP contribution >= 0.6 is 0 Å².